The Kier molecular flexibility index (Phi) is 5.62. The monoisotopic (exact) mass is 427 g/mol. The highest BCUT2D eigenvalue weighted by atomic mass is 32.2. The lowest BCUT2D eigenvalue weighted by atomic mass is 10.0. The maximum Gasteiger partial charge on any atom is 0.287 e. The first-order chi connectivity index (χ1) is 14.4. The fourth-order valence-electron chi connectivity index (χ4n) is 3.71. The van der Waals surface area contributed by atoms with Gasteiger partial charge in [-0.2, -0.15) is 4.31 Å². The Morgan fingerprint density at radius 2 is 2.00 bits per heavy atom. The van der Waals surface area contributed by atoms with Gasteiger partial charge in [-0.25, -0.2) is 8.42 Å². The number of aromatic nitrogens is 1. The molecule has 1 N–H and O–H groups in total. The molecule has 8 heteroatoms. The Labute approximate surface area is 176 Å². The zero-order valence-electron chi connectivity index (χ0n) is 17.1. The Bertz CT molecular complexity index is 1160. The van der Waals surface area contributed by atoms with Crippen LogP contribution in [-0.4, -0.2) is 36.7 Å². The summed E-state index contributed by atoms with van der Waals surface area (Å²) in [7, 11) is -3.57. The second kappa shape index (κ2) is 8.20. The summed E-state index contributed by atoms with van der Waals surface area (Å²) < 4.78 is 33.4. The van der Waals surface area contributed by atoms with Gasteiger partial charge in [0.1, 0.15) is 5.58 Å². The number of sulfonamides is 1. The van der Waals surface area contributed by atoms with Crippen molar-refractivity contribution in [2.75, 3.05) is 13.1 Å². The number of carbonyl (C=O) groups excluding carboxylic acids is 1. The standard InChI is InChI=1S/C22H25N3O4S/c1-15-8-11-25(12-9-15)30(27,28)18-6-7-20-19(13-18)16(2)21(29-20)22(26)24-14-17-5-3-4-10-23-17/h3-7,10,13,15H,8-9,11-12,14H2,1-2H3,(H,24,26). The number of rotatable bonds is 5. The van der Waals surface area contributed by atoms with E-state index in [4.69, 9.17) is 4.42 Å². The van der Waals surface area contributed by atoms with Crippen molar-refractivity contribution in [3.8, 4) is 0 Å². The van der Waals surface area contributed by atoms with Crippen molar-refractivity contribution in [3.63, 3.8) is 0 Å². The van der Waals surface area contributed by atoms with Gasteiger partial charge in [0.25, 0.3) is 5.91 Å². The molecule has 0 spiro atoms. The van der Waals surface area contributed by atoms with E-state index in [2.05, 4.69) is 17.2 Å². The smallest absolute Gasteiger partial charge is 0.287 e. The summed E-state index contributed by atoms with van der Waals surface area (Å²) in [5.41, 5.74) is 1.85. The van der Waals surface area contributed by atoms with Crippen LogP contribution in [0.3, 0.4) is 0 Å². The van der Waals surface area contributed by atoms with Gasteiger partial charge in [-0.05, 0) is 56.0 Å². The molecule has 0 unspecified atom stereocenters. The number of nitrogens with zero attached hydrogens (tertiary/aromatic N) is 2. The summed E-state index contributed by atoms with van der Waals surface area (Å²) >= 11 is 0. The molecule has 1 aliphatic rings. The zero-order chi connectivity index (χ0) is 21.3. The van der Waals surface area contributed by atoms with Crippen molar-refractivity contribution in [2.24, 2.45) is 5.92 Å². The lowest BCUT2D eigenvalue weighted by molar-refractivity contribution is 0.0924. The van der Waals surface area contributed by atoms with Gasteiger partial charge < -0.3 is 9.73 Å². The molecule has 1 fully saturated rings. The summed E-state index contributed by atoms with van der Waals surface area (Å²) in [5, 5.41) is 3.43. The number of piperidine rings is 1. The highest BCUT2D eigenvalue weighted by Gasteiger charge is 2.29. The summed E-state index contributed by atoms with van der Waals surface area (Å²) in [6, 6.07) is 10.3. The molecule has 0 saturated carbocycles. The maximum absolute atomic E-state index is 13.1. The maximum atomic E-state index is 13.1. The SMILES string of the molecule is Cc1c(C(=O)NCc2ccccn2)oc2ccc(S(=O)(=O)N3CCC(C)CC3)cc12. The van der Waals surface area contributed by atoms with Crippen molar-refractivity contribution in [3.05, 3.63) is 59.6 Å². The molecule has 4 rings (SSSR count). The predicted octanol–water partition coefficient (Wildman–Crippen LogP) is 3.49. The number of benzene rings is 1. The minimum absolute atomic E-state index is 0.183. The summed E-state index contributed by atoms with van der Waals surface area (Å²) in [6.07, 6.45) is 3.40. The van der Waals surface area contributed by atoms with Crippen LogP contribution in [0.1, 0.15) is 41.6 Å². The van der Waals surface area contributed by atoms with Gasteiger partial charge >= 0.3 is 0 Å². The number of amides is 1. The molecule has 0 atom stereocenters. The van der Waals surface area contributed by atoms with E-state index in [-0.39, 0.29) is 23.1 Å². The van der Waals surface area contributed by atoms with E-state index in [9.17, 15) is 13.2 Å². The molecule has 0 aliphatic carbocycles. The van der Waals surface area contributed by atoms with E-state index in [0.717, 1.165) is 18.5 Å². The fraction of sp³-hybridized carbons (Fsp3) is 0.364. The van der Waals surface area contributed by atoms with E-state index < -0.39 is 10.0 Å². The highest BCUT2D eigenvalue weighted by molar-refractivity contribution is 7.89. The predicted molar refractivity (Wildman–Crippen MR) is 114 cm³/mol. The number of furan rings is 1. The number of carbonyl (C=O) groups is 1. The third kappa shape index (κ3) is 3.97. The molecule has 30 heavy (non-hydrogen) atoms. The van der Waals surface area contributed by atoms with E-state index in [1.165, 1.54) is 0 Å². The van der Waals surface area contributed by atoms with Gasteiger partial charge in [0.15, 0.2) is 5.76 Å². The van der Waals surface area contributed by atoms with E-state index >= 15 is 0 Å². The number of fused-ring (bicyclic) bond motifs is 1. The molecule has 158 valence electrons. The third-order valence-electron chi connectivity index (χ3n) is 5.65. The van der Waals surface area contributed by atoms with Crippen LogP contribution in [0.5, 0.6) is 0 Å². The summed E-state index contributed by atoms with van der Waals surface area (Å²) in [4.78, 5) is 17.0. The second-order valence-electron chi connectivity index (χ2n) is 7.80. The van der Waals surface area contributed by atoms with Crippen molar-refractivity contribution in [1.82, 2.24) is 14.6 Å². The van der Waals surface area contributed by atoms with Gasteiger partial charge in [0.05, 0.1) is 17.1 Å². The fourth-order valence-corrected chi connectivity index (χ4v) is 5.20. The van der Waals surface area contributed by atoms with Crippen LogP contribution in [0, 0.1) is 12.8 Å². The van der Waals surface area contributed by atoms with Gasteiger partial charge in [0.2, 0.25) is 10.0 Å². The van der Waals surface area contributed by atoms with E-state index in [0.29, 0.717) is 35.5 Å². The van der Waals surface area contributed by atoms with Crippen LogP contribution in [0.4, 0.5) is 0 Å². The summed E-state index contributed by atoms with van der Waals surface area (Å²) in [5.74, 6) is 0.369. The van der Waals surface area contributed by atoms with Crippen LogP contribution in [0.2, 0.25) is 0 Å². The number of nitrogens with one attached hydrogen (secondary N) is 1. The molecule has 0 bridgehead atoms. The number of hydrogen-bond acceptors (Lipinski definition) is 5. The Balaban J connectivity index is 1.58. The molecule has 7 nitrogen and oxygen atoms in total. The van der Waals surface area contributed by atoms with Crippen molar-refractivity contribution >= 4 is 26.9 Å². The normalized spacial score (nSPS) is 16.1. The van der Waals surface area contributed by atoms with Crippen molar-refractivity contribution in [2.45, 2.75) is 38.1 Å². The molecule has 2 aromatic heterocycles. The summed E-state index contributed by atoms with van der Waals surface area (Å²) in [6.45, 7) is 5.26. The molecular weight excluding hydrogens is 402 g/mol. The van der Waals surface area contributed by atoms with Crippen molar-refractivity contribution in [1.29, 1.82) is 0 Å². The average molecular weight is 428 g/mol. The lowest BCUT2D eigenvalue weighted by Crippen LogP contribution is -2.37. The molecule has 1 aromatic carbocycles. The molecular formula is C22H25N3O4S. The average Bonchev–Trinajstić information content (AvgIpc) is 3.09. The van der Waals surface area contributed by atoms with Crippen LogP contribution in [0.25, 0.3) is 11.0 Å². The zero-order valence-corrected chi connectivity index (χ0v) is 17.9. The topological polar surface area (TPSA) is 92.5 Å². The first-order valence-electron chi connectivity index (χ1n) is 10.1. The molecule has 1 saturated heterocycles. The lowest BCUT2D eigenvalue weighted by Gasteiger charge is -2.29. The Morgan fingerprint density at radius 1 is 1.23 bits per heavy atom. The molecule has 1 amide bonds. The van der Waals surface area contributed by atoms with Gasteiger partial charge in [-0.1, -0.05) is 13.0 Å². The quantitative estimate of drug-likeness (QED) is 0.673. The number of pyridine rings is 1. The minimum Gasteiger partial charge on any atom is -0.451 e. The van der Waals surface area contributed by atoms with Crippen LogP contribution in [-0.2, 0) is 16.6 Å². The first kappa shape index (κ1) is 20.6. The number of hydrogen-bond donors (Lipinski definition) is 1. The van der Waals surface area contributed by atoms with E-state index in [1.807, 2.05) is 18.2 Å². The van der Waals surface area contributed by atoms with Gasteiger partial charge in [-0.3, -0.25) is 9.78 Å². The molecule has 3 heterocycles. The van der Waals surface area contributed by atoms with E-state index in [1.54, 1.807) is 35.6 Å². The second-order valence-corrected chi connectivity index (χ2v) is 9.74. The van der Waals surface area contributed by atoms with Crippen molar-refractivity contribution < 1.29 is 17.6 Å². The largest absolute Gasteiger partial charge is 0.451 e. The van der Waals surface area contributed by atoms with Crippen LogP contribution in [0.15, 0.2) is 51.9 Å². The highest BCUT2D eigenvalue weighted by Crippen LogP contribution is 2.30. The third-order valence-corrected chi connectivity index (χ3v) is 7.55. The Morgan fingerprint density at radius 3 is 2.70 bits per heavy atom. The molecule has 0 radical (unpaired) electrons. The van der Waals surface area contributed by atoms with Gasteiger partial charge in [0, 0.05) is 30.2 Å². The van der Waals surface area contributed by atoms with Crippen LogP contribution >= 0.6 is 0 Å². The first-order valence-corrected chi connectivity index (χ1v) is 11.5. The molecule has 1 aliphatic heterocycles. The number of aryl methyl sites for hydroxylation is 1. The van der Waals surface area contributed by atoms with Crippen LogP contribution < -0.4 is 5.32 Å². The molecule has 3 aromatic rings. The Hall–Kier alpha value is -2.71. The van der Waals surface area contributed by atoms with Gasteiger partial charge in [-0.15, -0.1) is 0 Å². The minimum atomic E-state index is -3.57.